The summed E-state index contributed by atoms with van der Waals surface area (Å²) in [5.41, 5.74) is 1.88. The molecule has 0 fully saturated rings. The minimum absolute atomic E-state index is 0.188. The monoisotopic (exact) mass is 336 g/mol. The van der Waals surface area contributed by atoms with Crippen LogP contribution in [0.2, 0.25) is 10.3 Å². The molecule has 0 spiro atoms. The van der Waals surface area contributed by atoms with Gasteiger partial charge in [-0.15, -0.1) is 11.3 Å². The van der Waals surface area contributed by atoms with Crippen LogP contribution in [-0.2, 0) is 0 Å². The van der Waals surface area contributed by atoms with E-state index < -0.39 is 0 Å². The van der Waals surface area contributed by atoms with Gasteiger partial charge in [-0.25, -0.2) is 4.98 Å². The number of benzene rings is 1. The summed E-state index contributed by atoms with van der Waals surface area (Å²) < 4.78 is 1.07. The van der Waals surface area contributed by atoms with E-state index in [0.717, 1.165) is 15.6 Å². The highest BCUT2D eigenvalue weighted by Crippen LogP contribution is 2.29. The van der Waals surface area contributed by atoms with Crippen molar-refractivity contribution in [3.05, 3.63) is 57.1 Å². The molecule has 0 bridgehead atoms. The van der Waals surface area contributed by atoms with Crippen LogP contribution in [0.1, 0.15) is 15.9 Å². The van der Waals surface area contributed by atoms with Gasteiger partial charge in [-0.2, -0.15) is 0 Å². The van der Waals surface area contributed by atoms with E-state index >= 15 is 0 Å². The van der Waals surface area contributed by atoms with Gasteiger partial charge in [0.2, 0.25) is 0 Å². The Labute approximate surface area is 135 Å². The zero-order valence-corrected chi connectivity index (χ0v) is 13.3. The molecule has 2 heterocycles. The molecule has 1 aromatic carbocycles. The van der Waals surface area contributed by atoms with Crippen LogP contribution in [0.3, 0.4) is 0 Å². The molecule has 0 unspecified atom stereocenters. The molecule has 0 aliphatic rings. The van der Waals surface area contributed by atoms with E-state index in [2.05, 4.69) is 10.3 Å². The number of hydrogen-bond acceptors (Lipinski definition) is 3. The third-order valence-corrected chi connectivity index (χ3v) is 4.54. The third kappa shape index (κ3) is 2.75. The SMILES string of the molecule is Cc1cc(Cl)nc(Cl)c1NC(=O)c1csc2ccccc12. The van der Waals surface area contributed by atoms with Crippen molar-refractivity contribution in [2.75, 3.05) is 5.32 Å². The van der Waals surface area contributed by atoms with Crippen LogP contribution in [0.4, 0.5) is 5.69 Å². The van der Waals surface area contributed by atoms with E-state index in [4.69, 9.17) is 23.2 Å². The van der Waals surface area contributed by atoms with Crippen LogP contribution in [0.5, 0.6) is 0 Å². The van der Waals surface area contributed by atoms with Crippen LogP contribution in [0, 0.1) is 6.92 Å². The number of pyridine rings is 1. The molecule has 0 saturated heterocycles. The summed E-state index contributed by atoms with van der Waals surface area (Å²) in [5, 5.41) is 6.07. The Balaban J connectivity index is 1.97. The fourth-order valence-corrected chi connectivity index (χ4v) is 3.60. The summed E-state index contributed by atoms with van der Waals surface area (Å²) in [5.74, 6) is -0.207. The number of carbonyl (C=O) groups excluding carboxylic acids is 1. The van der Waals surface area contributed by atoms with Gasteiger partial charge in [-0.3, -0.25) is 4.79 Å². The summed E-state index contributed by atoms with van der Waals surface area (Å²) in [6.45, 7) is 1.82. The third-order valence-electron chi connectivity index (χ3n) is 3.11. The van der Waals surface area contributed by atoms with E-state index in [1.807, 2.05) is 36.6 Å². The van der Waals surface area contributed by atoms with Crippen molar-refractivity contribution >= 4 is 56.2 Å². The number of fused-ring (bicyclic) bond motifs is 1. The molecule has 3 nitrogen and oxygen atoms in total. The van der Waals surface area contributed by atoms with Crippen LogP contribution in [-0.4, -0.2) is 10.9 Å². The average molecular weight is 337 g/mol. The standard InChI is InChI=1S/C15H10Cl2N2OS/c1-8-6-12(16)18-14(17)13(8)19-15(20)10-7-21-11-5-3-2-4-9(10)11/h2-7H,1H3,(H,19,20). The number of carbonyl (C=O) groups is 1. The van der Waals surface area contributed by atoms with Gasteiger partial charge >= 0.3 is 0 Å². The lowest BCUT2D eigenvalue weighted by Crippen LogP contribution is -2.13. The maximum absolute atomic E-state index is 12.5. The summed E-state index contributed by atoms with van der Waals surface area (Å²) in [4.78, 5) is 16.4. The maximum atomic E-state index is 12.5. The number of nitrogens with zero attached hydrogens (tertiary/aromatic N) is 1. The molecule has 0 aliphatic heterocycles. The van der Waals surface area contributed by atoms with Crippen molar-refractivity contribution in [2.45, 2.75) is 6.92 Å². The van der Waals surface area contributed by atoms with Crippen molar-refractivity contribution in [1.82, 2.24) is 4.98 Å². The first-order valence-corrected chi connectivity index (χ1v) is 7.80. The molecule has 1 N–H and O–H groups in total. The Bertz CT molecular complexity index is 822. The minimum Gasteiger partial charge on any atom is -0.319 e. The number of halogens is 2. The molecular weight excluding hydrogens is 327 g/mol. The number of anilines is 1. The Hall–Kier alpha value is -1.62. The van der Waals surface area contributed by atoms with Gasteiger partial charge in [0.25, 0.3) is 5.91 Å². The summed E-state index contributed by atoms with van der Waals surface area (Å²) in [6.07, 6.45) is 0. The molecular formula is C15H10Cl2N2OS. The molecule has 2 aromatic heterocycles. The van der Waals surface area contributed by atoms with Crippen molar-refractivity contribution in [1.29, 1.82) is 0 Å². The molecule has 0 radical (unpaired) electrons. The van der Waals surface area contributed by atoms with Crippen molar-refractivity contribution in [3.8, 4) is 0 Å². The Morgan fingerprint density at radius 3 is 2.81 bits per heavy atom. The van der Waals surface area contributed by atoms with Crippen molar-refractivity contribution in [3.63, 3.8) is 0 Å². The quantitative estimate of drug-likeness (QED) is 0.656. The van der Waals surface area contributed by atoms with E-state index in [1.165, 1.54) is 11.3 Å². The van der Waals surface area contributed by atoms with E-state index in [0.29, 0.717) is 16.4 Å². The maximum Gasteiger partial charge on any atom is 0.257 e. The molecule has 3 rings (SSSR count). The number of amides is 1. The molecule has 1 amide bonds. The number of aryl methyl sites for hydroxylation is 1. The normalized spacial score (nSPS) is 10.8. The van der Waals surface area contributed by atoms with E-state index in [1.54, 1.807) is 6.07 Å². The van der Waals surface area contributed by atoms with Crippen molar-refractivity contribution in [2.24, 2.45) is 0 Å². The molecule has 3 aromatic rings. The summed E-state index contributed by atoms with van der Waals surface area (Å²) in [6, 6.07) is 9.43. The number of nitrogens with one attached hydrogen (secondary N) is 1. The van der Waals surface area contributed by atoms with Gasteiger partial charge in [-0.05, 0) is 24.6 Å². The zero-order valence-electron chi connectivity index (χ0n) is 11.0. The first-order chi connectivity index (χ1) is 10.1. The number of thiophene rings is 1. The summed E-state index contributed by atoms with van der Waals surface area (Å²) in [7, 11) is 0. The first kappa shape index (κ1) is 14.3. The fraction of sp³-hybridized carbons (Fsp3) is 0.0667. The summed E-state index contributed by atoms with van der Waals surface area (Å²) >= 11 is 13.4. The van der Waals surface area contributed by atoms with Gasteiger partial charge in [0, 0.05) is 15.5 Å². The Morgan fingerprint density at radius 2 is 2.05 bits per heavy atom. The van der Waals surface area contributed by atoms with Crippen LogP contribution in [0.25, 0.3) is 10.1 Å². The van der Waals surface area contributed by atoms with E-state index in [-0.39, 0.29) is 11.1 Å². The molecule has 6 heteroatoms. The fourth-order valence-electron chi connectivity index (χ4n) is 2.08. The van der Waals surface area contributed by atoms with Gasteiger partial charge in [0.1, 0.15) is 5.15 Å². The lowest BCUT2D eigenvalue weighted by Gasteiger charge is -2.09. The van der Waals surface area contributed by atoms with Crippen LogP contribution in [0.15, 0.2) is 35.7 Å². The highest BCUT2D eigenvalue weighted by Gasteiger charge is 2.15. The second-order valence-corrected chi connectivity index (χ2v) is 6.18. The van der Waals surface area contributed by atoms with E-state index in [9.17, 15) is 4.79 Å². The molecule has 21 heavy (non-hydrogen) atoms. The first-order valence-electron chi connectivity index (χ1n) is 6.16. The van der Waals surface area contributed by atoms with Gasteiger partial charge in [-0.1, -0.05) is 41.4 Å². The van der Waals surface area contributed by atoms with Gasteiger partial charge in [0.15, 0.2) is 5.15 Å². The number of rotatable bonds is 2. The minimum atomic E-state index is -0.207. The molecule has 0 saturated carbocycles. The Morgan fingerprint density at radius 1 is 1.29 bits per heavy atom. The highest BCUT2D eigenvalue weighted by molar-refractivity contribution is 7.17. The molecule has 0 atom stereocenters. The largest absolute Gasteiger partial charge is 0.319 e. The van der Waals surface area contributed by atoms with Crippen LogP contribution < -0.4 is 5.32 Å². The van der Waals surface area contributed by atoms with Gasteiger partial charge in [0.05, 0.1) is 11.3 Å². The number of aromatic nitrogens is 1. The number of hydrogen-bond donors (Lipinski definition) is 1. The lowest BCUT2D eigenvalue weighted by atomic mass is 10.1. The molecule has 0 aliphatic carbocycles. The zero-order chi connectivity index (χ0) is 15.0. The lowest BCUT2D eigenvalue weighted by molar-refractivity contribution is 0.102. The second kappa shape index (κ2) is 5.64. The molecule has 106 valence electrons. The smallest absolute Gasteiger partial charge is 0.257 e. The van der Waals surface area contributed by atoms with Crippen LogP contribution >= 0.6 is 34.5 Å². The van der Waals surface area contributed by atoms with Gasteiger partial charge < -0.3 is 5.32 Å². The average Bonchev–Trinajstić information content (AvgIpc) is 2.86. The highest BCUT2D eigenvalue weighted by atomic mass is 35.5. The predicted molar refractivity (Wildman–Crippen MR) is 88.8 cm³/mol. The predicted octanol–water partition coefficient (Wildman–Crippen LogP) is 5.16. The second-order valence-electron chi connectivity index (χ2n) is 4.53. The Kier molecular flexibility index (Phi) is 3.85. The topological polar surface area (TPSA) is 42.0 Å². The van der Waals surface area contributed by atoms with Crippen molar-refractivity contribution < 1.29 is 4.79 Å².